The van der Waals surface area contributed by atoms with Crippen molar-refractivity contribution in [2.24, 2.45) is 0 Å². The summed E-state index contributed by atoms with van der Waals surface area (Å²) in [6.07, 6.45) is 1.06. The first-order chi connectivity index (χ1) is 7.78. The summed E-state index contributed by atoms with van der Waals surface area (Å²) < 4.78 is 5.37. The molecule has 0 amide bonds. The van der Waals surface area contributed by atoms with Gasteiger partial charge in [-0.15, -0.1) is 5.92 Å². The summed E-state index contributed by atoms with van der Waals surface area (Å²) in [5, 5.41) is 7.32. The molecule has 0 unspecified atom stereocenters. The second-order valence-electron chi connectivity index (χ2n) is 2.94. The summed E-state index contributed by atoms with van der Waals surface area (Å²) in [4.78, 5) is 0. The lowest BCUT2D eigenvalue weighted by molar-refractivity contribution is 0.194. The van der Waals surface area contributed by atoms with Crippen LogP contribution < -0.4 is 10.2 Å². The van der Waals surface area contributed by atoms with E-state index in [-0.39, 0.29) is 0 Å². The first-order valence-corrected chi connectivity index (χ1v) is 5.20. The van der Waals surface area contributed by atoms with E-state index in [9.17, 15) is 0 Å². The van der Waals surface area contributed by atoms with E-state index in [2.05, 4.69) is 30.9 Å². The molecule has 1 rings (SSSR count). The highest BCUT2D eigenvalue weighted by Crippen LogP contribution is 2.11. The smallest absolute Gasteiger partial charge is 0.149 e. The van der Waals surface area contributed by atoms with Gasteiger partial charge in [0.1, 0.15) is 12.4 Å². The molecular weight excluding hydrogens is 202 g/mol. The van der Waals surface area contributed by atoms with Crippen molar-refractivity contribution in [1.82, 2.24) is 5.48 Å². The van der Waals surface area contributed by atoms with Gasteiger partial charge in [-0.05, 0) is 31.0 Å². The molecule has 1 aromatic carbocycles. The highest BCUT2D eigenvalue weighted by atomic mass is 16.5. The molecule has 0 aliphatic rings. The maximum atomic E-state index is 7.32. The molecule has 3 nitrogen and oxygen atoms in total. The minimum atomic E-state index is 0.474. The third kappa shape index (κ3) is 6.88. The summed E-state index contributed by atoms with van der Waals surface area (Å²) in [7, 11) is 1.43. The van der Waals surface area contributed by atoms with E-state index in [4.69, 9.17) is 9.94 Å². The zero-order valence-corrected chi connectivity index (χ0v) is 10.1. The van der Waals surface area contributed by atoms with Crippen LogP contribution in [-0.4, -0.2) is 18.9 Å². The minimum absolute atomic E-state index is 0.474. The number of rotatable bonds is 3. The van der Waals surface area contributed by atoms with Gasteiger partial charge >= 0.3 is 0 Å². The van der Waals surface area contributed by atoms with Gasteiger partial charge in [-0.3, -0.25) is 0 Å². The van der Waals surface area contributed by atoms with Crippen LogP contribution in [-0.2, 0) is 6.42 Å². The average molecular weight is 221 g/mol. The largest absolute Gasteiger partial charge is 0.481 e. The van der Waals surface area contributed by atoms with E-state index < -0.39 is 0 Å². The van der Waals surface area contributed by atoms with Gasteiger partial charge in [0, 0.05) is 7.05 Å². The first-order valence-electron chi connectivity index (χ1n) is 5.20. The van der Waals surface area contributed by atoms with Crippen molar-refractivity contribution in [3.8, 4) is 17.6 Å². The quantitative estimate of drug-likeness (QED) is 0.607. The predicted octanol–water partition coefficient (Wildman–Crippen LogP) is 2.25. The summed E-state index contributed by atoms with van der Waals surface area (Å²) >= 11 is 0. The number of hydrogen-bond donors (Lipinski definition) is 2. The van der Waals surface area contributed by atoms with Crippen molar-refractivity contribution in [2.75, 3.05) is 13.7 Å². The predicted molar refractivity (Wildman–Crippen MR) is 65.6 cm³/mol. The monoisotopic (exact) mass is 221 g/mol. The van der Waals surface area contributed by atoms with Gasteiger partial charge in [-0.25, -0.2) is 5.48 Å². The number of aryl methyl sites for hydroxylation is 1. The van der Waals surface area contributed by atoms with Crippen LogP contribution in [0, 0.1) is 11.8 Å². The Hall–Kier alpha value is -1.50. The molecule has 0 bridgehead atoms. The van der Waals surface area contributed by atoms with Crippen LogP contribution in [0.2, 0.25) is 0 Å². The standard InChI is InChI=1S/C12H14O.CH5NO/c1-3-5-10-13-12-8-6-11(4-2)7-9-12;1-2-3/h6-9H,4,10H2,1-2H3;2-3H,1H3. The molecule has 0 radical (unpaired) electrons. The van der Waals surface area contributed by atoms with Gasteiger partial charge in [0.15, 0.2) is 0 Å². The Morgan fingerprint density at radius 2 is 1.88 bits per heavy atom. The Labute approximate surface area is 97.4 Å². The summed E-state index contributed by atoms with van der Waals surface area (Å²) in [6.45, 7) is 4.42. The maximum Gasteiger partial charge on any atom is 0.149 e. The Morgan fingerprint density at radius 1 is 1.31 bits per heavy atom. The molecule has 2 N–H and O–H groups in total. The molecular formula is C13H19NO2. The molecule has 0 aliphatic carbocycles. The molecule has 0 saturated heterocycles. The topological polar surface area (TPSA) is 41.5 Å². The van der Waals surface area contributed by atoms with Crippen LogP contribution in [0.4, 0.5) is 0 Å². The molecule has 0 atom stereocenters. The van der Waals surface area contributed by atoms with Crippen LogP contribution in [0.5, 0.6) is 5.75 Å². The zero-order chi connectivity index (χ0) is 12.2. The second-order valence-corrected chi connectivity index (χ2v) is 2.94. The van der Waals surface area contributed by atoms with Crippen molar-refractivity contribution in [2.45, 2.75) is 20.3 Å². The third-order valence-corrected chi connectivity index (χ3v) is 1.82. The van der Waals surface area contributed by atoms with E-state index in [0.29, 0.717) is 6.61 Å². The van der Waals surface area contributed by atoms with Gasteiger partial charge in [0.05, 0.1) is 0 Å². The minimum Gasteiger partial charge on any atom is -0.481 e. The highest BCUT2D eigenvalue weighted by Gasteiger charge is 1.91. The first kappa shape index (κ1) is 14.5. The summed E-state index contributed by atoms with van der Waals surface area (Å²) in [5.74, 6) is 6.53. The van der Waals surface area contributed by atoms with Crippen molar-refractivity contribution in [1.29, 1.82) is 0 Å². The fourth-order valence-corrected chi connectivity index (χ4v) is 1.01. The maximum absolute atomic E-state index is 7.32. The molecule has 3 heteroatoms. The van der Waals surface area contributed by atoms with E-state index in [1.165, 1.54) is 12.6 Å². The second kappa shape index (κ2) is 10.0. The highest BCUT2D eigenvalue weighted by molar-refractivity contribution is 5.27. The van der Waals surface area contributed by atoms with Crippen molar-refractivity contribution in [3.05, 3.63) is 29.8 Å². The van der Waals surface area contributed by atoms with E-state index in [0.717, 1.165) is 12.2 Å². The van der Waals surface area contributed by atoms with Gasteiger partial charge in [0.2, 0.25) is 0 Å². The molecule has 0 heterocycles. The van der Waals surface area contributed by atoms with E-state index in [1.807, 2.05) is 19.1 Å². The van der Waals surface area contributed by atoms with Gasteiger partial charge in [0.25, 0.3) is 0 Å². The Bertz CT molecular complexity index is 322. The number of ether oxygens (including phenoxy) is 1. The Balaban J connectivity index is 0.000000673. The Kier molecular flexibility index (Phi) is 9.09. The molecule has 0 aliphatic heterocycles. The lowest BCUT2D eigenvalue weighted by atomic mass is 10.2. The lowest BCUT2D eigenvalue weighted by Crippen LogP contribution is -1.93. The van der Waals surface area contributed by atoms with Crippen LogP contribution in [0.15, 0.2) is 24.3 Å². The van der Waals surface area contributed by atoms with Gasteiger partial charge in [-0.1, -0.05) is 25.0 Å². The fourth-order valence-electron chi connectivity index (χ4n) is 1.01. The van der Waals surface area contributed by atoms with E-state index in [1.54, 1.807) is 5.48 Å². The van der Waals surface area contributed by atoms with E-state index >= 15 is 0 Å². The number of hydrogen-bond acceptors (Lipinski definition) is 3. The molecule has 0 spiro atoms. The lowest BCUT2D eigenvalue weighted by Gasteiger charge is -2.02. The molecule has 0 saturated carbocycles. The Morgan fingerprint density at radius 3 is 2.31 bits per heavy atom. The van der Waals surface area contributed by atoms with Crippen LogP contribution in [0.25, 0.3) is 0 Å². The molecule has 88 valence electrons. The number of hydroxylamine groups is 1. The molecule has 16 heavy (non-hydrogen) atoms. The number of benzene rings is 1. The third-order valence-electron chi connectivity index (χ3n) is 1.82. The SMILES string of the molecule is CC#CCOc1ccc(CC)cc1.CNO. The van der Waals surface area contributed by atoms with Crippen LogP contribution in [0.1, 0.15) is 19.4 Å². The summed E-state index contributed by atoms with van der Waals surface area (Å²) in [5.41, 5.74) is 3.08. The van der Waals surface area contributed by atoms with Gasteiger partial charge < -0.3 is 9.94 Å². The van der Waals surface area contributed by atoms with Gasteiger partial charge in [-0.2, -0.15) is 0 Å². The fraction of sp³-hybridized carbons (Fsp3) is 0.385. The van der Waals surface area contributed by atoms with Crippen LogP contribution >= 0.6 is 0 Å². The van der Waals surface area contributed by atoms with Crippen molar-refractivity contribution in [3.63, 3.8) is 0 Å². The number of nitrogens with one attached hydrogen (secondary N) is 1. The average Bonchev–Trinajstić information content (AvgIpc) is 2.31. The summed E-state index contributed by atoms with van der Waals surface area (Å²) in [6, 6.07) is 8.12. The molecule has 0 fully saturated rings. The van der Waals surface area contributed by atoms with Crippen LogP contribution in [0.3, 0.4) is 0 Å². The van der Waals surface area contributed by atoms with Crippen molar-refractivity contribution >= 4 is 0 Å². The zero-order valence-electron chi connectivity index (χ0n) is 10.1. The molecule has 1 aromatic rings. The normalized spacial score (nSPS) is 8.25. The van der Waals surface area contributed by atoms with Crippen molar-refractivity contribution < 1.29 is 9.94 Å². The molecule has 0 aromatic heterocycles.